The van der Waals surface area contributed by atoms with Gasteiger partial charge in [-0.15, -0.1) is 0 Å². The van der Waals surface area contributed by atoms with Crippen molar-refractivity contribution in [3.63, 3.8) is 0 Å². The van der Waals surface area contributed by atoms with Crippen molar-refractivity contribution in [3.8, 4) is 0 Å². The van der Waals surface area contributed by atoms with Crippen molar-refractivity contribution in [3.05, 3.63) is 29.0 Å². The van der Waals surface area contributed by atoms with Crippen LogP contribution >= 0.6 is 11.6 Å². The minimum absolute atomic E-state index is 0.520. The van der Waals surface area contributed by atoms with E-state index < -0.39 is 0 Å². The van der Waals surface area contributed by atoms with E-state index in [0.717, 1.165) is 11.4 Å². The number of nitrogens with one attached hydrogen (secondary N) is 1. The maximum atomic E-state index is 6.14. The molecular weight excluding hydrogens is 244 g/mol. The van der Waals surface area contributed by atoms with Crippen molar-refractivity contribution in [2.24, 2.45) is 0 Å². The number of pyridine rings is 1. The molecule has 0 radical (unpaired) electrons. The average molecular weight is 269 g/mol. The Bertz CT molecular complexity index is 328. The first-order valence-electron chi connectivity index (χ1n) is 7.03. The van der Waals surface area contributed by atoms with Gasteiger partial charge in [-0.25, -0.2) is 0 Å². The second kappa shape index (κ2) is 9.35. The van der Waals surface area contributed by atoms with Crippen LogP contribution in [-0.4, -0.2) is 18.1 Å². The van der Waals surface area contributed by atoms with E-state index in [1.165, 1.54) is 44.1 Å². The van der Waals surface area contributed by atoms with Crippen molar-refractivity contribution < 1.29 is 0 Å². The van der Waals surface area contributed by atoms with Crippen LogP contribution < -0.4 is 5.32 Å². The van der Waals surface area contributed by atoms with Gasteiger partial charge in [-0.3, -0.25) is 4.98 Å². The first-order valence-corrected chi connectivity index (χ1v) is 7.41. The third-order valence-corrected chi connectivity index (χ3v) is 3.73. The van der Waals surface area contributed by atoms with Crippen LogP contribution in [0.15, 0.2) is 18.5 Å². The molecule has 0 aromatic carbocycles. The summed E-state index contributed by atoms with van der Waals surface area (Å²) in [4.78, 5) is 4.02. The van der Waals surface area contributed by atoms with Crippen LogP contribution in [0.4, 0.5) is 0 Å². The number of nitrogens with zero attached hydrogens (tertiary/aromatic N) is 1. The van der Waals surface area contributed by atoms with Gasteiger partial charge in [-0.05, 0) is 31.5 Å². The van der Waals surface area contributed by atoms with Crippen LogP contribution in [0, 0.1) is 0 Å². The van der Waals surface area contributed by atoms with E-state index in [4.69, 9.17) is 11.6 Å². The monoisotopic (exact) mass is 268 g/mol. The SMILES string of the molecule is CCCCCCCC(Cc1ccncc1Cl)NC. The van der Waals surface area contributed by atoms with Gasteiger partial charge in [0, 0.05) is 18.4 Å². The highest BCUT2D eigenvalue weighted by molar-refractivity contribution is 6.31. The minimum Gasteiger partial charge on any atom is -0.317 e. The first-order chi connectivity index (χ1) is 8.77. The largest absolute Gasteiger partial charge is 0.317 e. The lowest BCUT2D eigenvalue weighted by Crippen LogP contribution is -2.27. The quantitative estimate of drug-likeness (QED) is 0.678. The summed E-state index contributed by atoms with van der Waals surface area (Å²) in [5.74, 6) is 0. The van der Waals surface area contributed by atoms with E-state index in [2.05, 4.69) is 17.2 Å². The zero-order valence-corrected chi connectivity index (χ0v) is 12.3. The molecule has 0 fully saturated rings. The zero-order valence-electron chi connectivity index (χ0n) is 11.6. The lowest BCUT2D eigenvalue weighted by Gasteiger charge is -2.16. The van der Waals surface area contributed by atoms with Crippen LogP contribution in [0.1, 0.15) is 51.0 Å². The predicted octanol–water partition coefficient (Wildman–Crippen LogP) is 4.23. The van der Waals surface area contributed by atoms with Crippen LogP contribution in [0.5, 0.6) is 0 Å². The van der Waals surface area contributed by atoms with Gasteiger partial charge in [0.2, 0.25) is 0 Å². The number of likely N-dealkylation sites (N-methyl/N-ethyl adjacent to an activating group) is 1. The van der Waals surface area contributed by atoms with E-state index in [-0.39, 0.29) is 0 Å². The van der Waals surface area contributed by atoms with Crippen molar-refractivity contribution in [2.75, 3.05) is 7.05 Å². The first kappa shape index (κ1) is 15.5. The standard InChI is InChI=1S/C15H25ClN2/c1-3-4-5-6-7-8-14(17-2)11-13-9-10-18-12-15(13)16/h9-10,12,14,17H,3-8,11H2,1-2H3. The fourth-order valence-electron chi connectivity index (χ4n) is 2.18. The molecule has 102 valence electrons. The third kappa shape index (κ3) is 5.83. The molecule has 1 heterocycles. The maximum absolute atomic E-state index is 6.14. The predicted molar refractivity (Wildman–Crippen MR) is 79.2 cm³/mol. The van der Waals surface area contributed by atoms with Crippen molar-refractivity contribution in [2.45, 2.75) is 57.9 Å². The molecule has 0 bridgehead atoms. The van der Waals surface area contributed by atoms with E-state index in [9.17, 15) is 0 Å². The zero-order chi connectivity index (χ0) is 13.2. The molecule has 18 heavy (non-hydrogen) atoms. The number of rotatable bonds is 9. The van der Waals surface area contributed by atoms with E-state index >= 15 is 0 Å². The summed E-state index contributed by atoms with van der Waals surface area (Å²) in [7, 11) is 2.03. The molecule has 1 unspecified atom stereocenters. The highest BCUT2D eigenvalue weighted by Crippen LogP contribution is 2.17. The fourth-order valence-corrected chi connectivity index (χ4v) is 2.37. The topological polar surface area (TPSA) is 24.9 Å². The number of hydrogen-bond donors (Lipinski definition) is 1. The van der Waals surface area contributed by atoms with Gasteiger partial charge in [-0.1, -0.05) is 50.6 Å². The Balaban J connectivity index is 2.31. The third-order valence-electron chi connectivity index (χ3n) is 3.39. The molecule has 1 N–H and O–H groups in total. The molecule has 1 aromatic rings. The molecule has 0 spiro atoms. The Morgan fingerprint density at radius 2 is 2.06 bits per heavy atom. The van der Waals surface area contributed by atoms with Gasteiger partial charge in [0.1, 0.15) is 0 Å². The summed E-state index contributed by atoms with van der Waals surface area (Å²) in [6, 6.07) is 2.54. The summed E-state index contributed by atoms with van der Waals surface area (Å²) in [6.45, 7) is 2.25. The minimum atomic E-state index is 0.520. The van der Waals surface area contributed by atoms with Crippen LogP contribution in [-0.2, 0) is 6.42 Å². The second-order valence-electron chi connectivity index (χ2n) is 4.86. The molecule has 3 heteroatoms. The Hall–Kier alpha value is -0.600. The normalized spacial score (nSPS) is 12.6. The molecule has 1 rings (SSSR count). The molecule has 0 aliphatic rings. The smallest absolute Gasteiger partial charge is 0.0621 e. The molecule has 0 aliphatic heterocycles. The Kier molecular flexibility index (Phi) is 8.03. The number of aromatic nitrogens is 1. The van der Waals surface area contributed by atoms with Crippen molar-refractivity contribution in [1.29, 1.82) is 0 Å². The van der Waals surface area contributed by atoms with Crippen LogP contribution in [0.25, 0.3) is 0 Å². The highest BCUT2D eigenvalue weighted by Gasteiger charge is 2.09. The molecule has 2 nitrogen and oxygen atoms in total. The lowest BCUT2D eigenvalue weighted by atomic mass is 10.0. The van der Waals surface area contributed by atoms with E-state index in [1.807, 2.05) is 19.3 Å². The molecule has 0 saturated heterocycles. The number of hydrogen-bond acceptors (Lipinski definition) is 2. The van der Waals surface area contributed by atoms with Gasteiger partial charge in [0.15, 0.2) is 0 Å². The van der Waals surface area contributed by atoms with Crippen molar-refractivity contribution >= 4 is 11.6 Å². The van der Waals surface area contributed by atoms with Gasteiger partial charge >= 0.3 is 0 Å². The molecule has 0 aliphatic carbocycles. The molecule has 0 amide bonds. The molecular formula is C15H25ClN2. The summed E-state index contributed by atoms with van der Waals surface area (Å²) >= 11 is 6.14. The van der Waals surface area contributed by atoms with Crippen LogP contribution in [0.2, 0.25) is 5.02 Å². The Labute approximate surface area is 116 Å². The van der Waals surface area contributed by atoms with Gasteiger partial charge in [-0.2, -0.15) is 0 Å². The number of halogens is 1. The fraction of sp³-hybridized carbons (Fsp3) is 0.667. The van der Waals surface area contributed by atoms with Gasteiger partial charge < -0.3 is 5.32 Å². The molecule has 1 aromatic heterocycles. The molecule has 0 saturated carbocycles. The lowest BCUT2D eigenvalue weighted by molar-refractivity contribution is 0.482. The van der Waals surface area contributed by atoms with Crippen LogP contribution in [0.3, 0.4) is 0 Å². The summed E-state index contributed by atoms with van der Waals surface area (Å²) in [6.07, 6.45) is 12.4. The van der Waals surface area contributed by atoms with E-state index in [0.29, 0.717) is 6.04 Å². The highest BCUT2D eigenvalue weighted by atomic mass is 35.5. The second-order valence-corrected chi connectivity index (χ2v) is 5.27. The summed E-state index contributed by atoms with van der Waals surface area (Å²) < 4.78 is 0. The van der Waals surface area contributed by atoms with Gasteiger partial charge in [0.25, 0.3) is 0 Å². The summed E-state index contributed by atoms with van der Waals surface area (Å²) in [5.41, 5.74) is 1.19. The van der Waals surface area contributed by atoms with Crippen molar-refractivity contribution in [1.82, 2.24) is 10.3 Å². The number of unbranched alkanes of at least 4 members (excludes halogenated alkanes) is 4. The summed E-state index contributed by atoms with van der Waals surface area (Å²) in [5, 5.41) is 4.17. The van der Waals surface area contributed by atoms with Gasteiger partial charge in [0.05, 0.1) is 5.02 Å². The average Bonchev–Trinajstić information content (AvgIpc) is 2.39. The maximum Gasteiger partial charge on any atom is 0.0621 e. The Morgan fingerprint density at radius 1 is 1.28 bits per heavy atom. The van der Waals surface area contributed by atoms with E-state index in [1.54, 1.807) is 6.20 Å². The molecule has 1 atom stereocenters. The Morgan fingerprint density at radius 3 is 2.72 bits per heavy atom.